The molecule has 0 radical (unpaired) electrons. The van der Waals surface area contributed by atoms with Crippen molar-refractivity contribution in [3.05, 3.63) is 65.2 Å². The highest BCUT2D eigenvalue weighted by Gasteiger charge is 2.42. The Morgan fingerprint density at radius 1 is 0.964 bits per heavy atom. The molecule has 28 heavy (non-hydrogen) atoms. The van der Waals surface area contributed by atoms with Gasteiger partial charge in [0.1, 0.15) is 17.6 Å². The maximum absolute atomic E-state index is 14.2. The lowest BCUT2D eigenvalue weighted by Crippen LogP contribution is -2.57. The third kappa shape index (κ3) is 3.27. The van der Waals surface area contributed by atoms with Crippen molar-refractivity contribution in [2.75, 3.05) is 33.2 Å². The summed E-state index contributed by atoms with van der Waals surface area (Å²) in [5.74, 6) is -2.22. The Kier molecular flexibility index (Phi) is 4.87. The van der Waals surface area contributed by atoms with Crippen molar-refractivity contribution in [1.29, 1.82) is 0 Å². The SMILES string of the molecule is CN1CCN(C2C(=O)c3ccccc3C(=O)C2=Nc2ccc(F)cc2F)CC1. The highest BCUT2D eigenvalue weighted by Crippen LogP contribution is 2.27. The molecule has 5 nitrogen and oxygen atoms in total. The molecule has 1 aliphatic carbocycles. The molecule has 2 aromatic carbocycles. The van der Waals surface area contributed by atoms with Gasteiger partial charge in [0.2, 0.25) is 5.78 Å². The molecule has 1 fully saturated rings. The Bertz CT molecular complexity index is 981. The number of carbonyl (C=O) groups excluding carboxylic acids is 2. The number of ketones is 2. The molecule has 1 saturated heterocycles. The predicted octanol–water partition coefficient (Wildman–Crippen LogP) is 2.73. The number of carbonyl (C=O) groups is 2. The van der Waals surface area contributed by atoms with Crippen LogP contribution in [0.4, 0.5) is 14.5 Å². The second-order valence-electron chi connectivity index (χ2n) is 7.07. The van der Waals surface area contributed by atoms with E-state index in [1.165, 1.54) is 6.07 Å². The van der Waals surface area contributed by atoms with Crippen molar-refractivity contribution < 1.29 is 18.4 Å². The third-order valence-corrected chi connectivity index (χ3v) is 5.23. The molecule has 0 aromatic heterocycles. The van der Waals surface area contributed by atoms with Gasteiger partial charge in [0.15, 0.2) is 11.6 Å². The molecule has 2 aliphatic rings. The number of fused-ring (bicyclic) bond motifs is 1. The molecule has 1 atom stereocenters. The zero-order chi connectivity index (χ0) is 19.8. The standard InChI is InChI=1S/C21H19F2N3O2/c1-25-8-10-26(11-9-25)19-18(24-17-7-6-13(22)12-16(17)23)20(27)14-4-2-3-5-15(14)21(19)28/h2-7,12,19H,8-11H2,1H3. The van der Waals surface area contributed by atoms with Crippen LogP contribution in [0.5, 0.6) is 0 Å². The number of nitrogens with zero attached hydrogens (tertiary/aromatic N) is 3. The molecular weight excluding hydrogens is 364 g/mol. The summed E-state index contributed by atoms with van der Waals surface area (Å²) in [4.78, 5) is 34.6. The lowest BCUT2D eigenvalue weighted by atomic mass is 9.83. The number of hydrogen-bond acceptors (Lipinski definition) is 5. The summed E-state index contributed by atoms with van der Waals surface area (Å²) in [5.41, 5.74) is 0.448. The van der Waals surface area contributed by atoms with Crippen LogP contribution in [0, 0.1) is 11.6 Å². The van der Waals surface area contributed by atoms with Crippen LogP contribution in [0.25, 0.3) is 0 Å². The van der Waals surface area contributed by atoms with E-state index >= 15 is 0 Å². The molecule has 1 unspecified atom stereocenters. The number of aliphatic imine (C=N–C) groups is 1. The number of benzene rings is 2. The molecule has 4 rings (SSSR count). The van der Waals surface area contributed by atoms with Crippen LogP contribution in [0.1, 0.15) is 20.7 Å². The van der Waals surface area contributed by atoms with Crippen LogP contribution < -0.4 is 0 Å². The van der Waals surface area contributed by atoms with Crippen molar-refractivity contribution in [1.82, 2.24) is 9.80 Å². The fourth-order valence-electron chi connectivity index (χ4n) is 3.66. The monoisotopic (exact) mass is 383 g/mol. The first kappa shape index (κ1) is 18.6. The van der Waals surface area contributed by atoms with Crippen molar-refractivity contribution in [2.24, 2.45) is 4.99 Å². The molecule has 1 aliphatic heterocycles. The van der Waals surface area contributed by atoms with E-state index in [4.69, 9.17) is 0 Å². The van der Waals surface area contributed by atoms with Gasteiger partial charge in [-0.1, -0.05) is 24.3 Å². The maximum atomic E-state index is 14.2. The lowest BCUT2D eigenvalue weighted by Gasteiger charge is -2.39. The van der Waals surface area contributed by atoms with Crippen molar-refractivity contribution in [3.8, 4) is 0 Å². The summed E-state index contributed by atoms with van der Waals surface area (Å²) in [6, 6.07) is 8.70. The smallest absolute Gasteiger partial charge is 0.210 e. The van der Waals surface area contributed by atoms with Crippen LogP contribution >= 0.6 is 0 Å². The normalized spacial score (nSPS) is 22.5. The molecule has 2 aromatic rings. The Morgan fingerprint density at radius 2 is 1.64 bits per heavy atom. The first-order chi connectivity index (χ1) is 13.5. The van der Waals surface area contributed by atoms with E-state index in [1.807, 2.05) is 11.9 Å². The molecule has 144 valence electrons. The first-order valence-corrected chi connectivity index (χ1v) is 9.10. The van der Waals surface area contributed by atoms with Crippen LogP contribution in [-0.4, -0.2) is 66.3 Å². The van der Waals surface area contributed by atoms with E-state index in [9.17, 15) is 18.4 Å². The molecular formula is C21H19F2N3O2. The van der Waals surface area contributed by atoms with E-state index in [2.05, 4.69) is 9.89 Å². The zero-order valence-electron chi connectivity index (χ0n) is 15.4. The quantitative estimate of drug-likeness (QED) is 0.800. The summed E-state index contributed by atoms with van der Waals surface area (Å²) in [7, 11) is 1.99. The first-order valence-electron chi connectivity index (χ1n) is 9.10. The number of piperazine rings is 1. The number of hydrogen-bond donors (Lipinski definition) is 0. The van der Waals surface area contributed by atoms with E-state index in [1.54, 1.807) is 24.3 Å². The zero-order valence-corrected chi connectivity index (χ0v) is 15.4. The van der Waals surface area contributed by atoms with Gasteiger partial charge in [-0.05, 0) is 19.2 Å². The van der Waals surface area contributed by atoms with Crippen LogP contribution in [0.3, 0.4) is 0 Å². The molecule has 0 amide bonds. The van der Waals surface area contributed by atoms with Crippen molar-refractivity contribution in [3.63, 3.8) is 0 Å². The number of rotatable bonds is 2. The number of likely N-dealkylation sites (N-methyl/N-ethyl adjacent to an activating group) is 1. The minimum atomic E-state index is -0.874. The van der Waals surface area contributed by atoms with E-state index in [0.29, 0.717) is 24.7 Å². The second kappa shape index (κ2) is 7.33. The van der Waals surface area contributed by atoms with E-state index in [-0.39, 0.29) is 22.7 Å². The lowest BCUT2D eigenvalue weighted by molar-refractivity contribution is 0.0778. The van der Waals surface area contributed by atoms with Crippen LogP contribution in [0.2, 0.25) is 0 Å². The second-order valence-corrected chi connectivity index (χ2v) is 7.07. The van der Waals surface area contributed by atoms with Gasteiger partial charge in [-0.15, -0.1) is 0 Å². The van der Waals surface area contributed by atoms with E-state index in [0.717, 1.165) is 19.2 Å². The average Bonchev–Trinajstić information content (AvgIpc) is 2.69. The highest BCUT2D eigenvalue weighted by molar-refractivity contribution is 6.55. The van der Waals surface area contributed by atoms with Gasteiger partial charge in [-0.2, -0.15) is 0 Å². The van der Waals surface area contributed by atoms with Gasteiger partial charge >= 0.3 is 0 Å². The summed E-state index contributed by atoms with van der Waals surface area (Å²) in [5, 5.41) is 0. The van der Waals surface area contributed by atoms with Gasteiger partial charge < -0.3 is 4.90 Å². The molecule has 0 spiro atoms. The van der Waals surface area contributed by atoms with Gasteiger partial charge in [0.05, 0.1) is 5.69 Å². The van der Waals surface area contributed by atoms with Gasteiger partial charge in [0.25, 0.3) is 0 Å². The predicted molar refractivity (Wildman–Crippen MR) is 101 cm³/mol. The van der Waals surface area contributed by atoms with Crippen molar-refractivity contribution >= 4 is 23.0 Å². The largest absolute Gasteiger partial charge is 0.304 e. The number of halogens is 2. The molecule has 0 bridgehead atoms. The van der Waals surface area contributed by atoms with Crippen LogP contribution in [-0.2, 0) is 0 Å². The Morgan fingerprint density at radius 3 is 2.32 bits per heavy atom. The summed E-state index contributed by atoms with van der Waals surface area (Å²) >= 11 is 0. The Labute approximate surface area is 161 Å². The Hall–Kier alpha value is -2.77. The van der Waals surface area contributed by atoms with Gasteiger partial charge in [-0.25, -0.2) is 13.8 Å². The number of Topliss-reactive ketones (excluding diaryl/α,β-unsaturated/α-hetero) is 2. The minimum Gasteiger partial charge on any atom is -0.304 e. The molecule has 0 saturated carbocycles. The summed E-state index contributed by atoms with van der Waals surface area (Å²) < 4.78 is 27.4. The molecule has 1 heterocycles. The topological polar surface area (TPSA) is 53.0 Å². The van der Waals surface area contributed by atoms with Gasteiger partial charge in [0, 0.05) is 43.4 Å². The van der Waals surface area contributed by atoms with Crippen molar-refractivity contribution in [2.45, 2.75) is 6.04 Å². The molecule has 7 heteroatoms. The van der Waals surface area contributed by atoms with Crippen LogP contribution in [0.15, 0.2) is 47.5 Å². The fourth-order valence-corrected chi connectivity index (χ4v) is 3.66. The Balaban J connectivity index is 1.83. The third-order valence-electron chi connectivity index (χ3n) is 5.23. The minimum absolute atomic E-state index is 0.0150. The summed E-state index contributed by atoms with van der Waals surface area (Å²) in [6.07, 6.45) is 0. The molecule has 0 N–H and O–H groups in total. The summed E-state index contributed by atoms with van der Waals surface area (Å²) in [6.45, 7) is 2.68. The van der Waals surface area contributed by atoms with Gasteiger partial charge in [-0.3, -0.25) is 14.5 Å². The maximum Gasteiger partial charge on any atom is 0.210 e. The highest BCUT2D eigenvalue weighted by atomic mass is 19.1. The fraction of sp³-hybridized carbons (Fsp3) is 0.286. The average molecular weight is 383 g/mol. The van der Waals surface area contributed by atoms with E-state index < -0.39 is 23.5 Å².